The van der Waals surface area contributed by atoms with Crippen LogP contribution in [0, 0.1) is 23.7 Å². The van der Waals surface area contributed by atoms with E-state index in [1.165, 1.54) is 12.8 Å². The normalized spacial score (nSPS) is 30.4. The molecular formula is C18H32N2O2. The Kier molecular flexibility index (Phi) is 5.87. The van der Waals surface area contributed by atoms with Crippen molar-refractivity contribution in [2.75, 3.05) is 13.1 Å². The lowest BCUT2D eigenvalue weighted by Gasteiger charge is -2.37. The summed E-state index contributed by atoms with van der Waals surface area (Å²) in [6.07, 6.45) is 5.23. The van der Waals surface area contributed by atoms with Crippen LogP contribution in [0.5, 0.6) is 0 Å². The lowest BCUT2D eigenvalue weighted by molar-refractivity contribution is -0.138. The molecule has 2 rings (SSSR count). The van der Waals surface area contributed by atoms with Crippen LogP contribution in [0.1, 0.15) is 59.8 Å². The highest BCUT2D eigenvalue weighted by atomic mass is 16.2. The molecule has 22 heavy (non-hydrogen) atoms. The standard InChI is InChI=1S/C18H32N2O2/c1-12(2)18(22)20-10-8-15(9-11-20)17(21)19-16-7-5-6-13(3)14(16)4/h12-16H,5-11H2,1-4H3,(H,19,21). The summed E-state index contributed by atoms with van der Waals surface area (Å²) in [7, 11) is 0. The molecule has 1 N–H and O–H groups in total. The highest BCUT2D eigenvalue weighted by molar-refractivity contribution is 5.81. The van der Waals surface area contributed by atoms with E-state index < -0.39 is 0 Å². The quantitative estimate of drug-likeness (QED) is 0.871. The molecule has 126 valence electrons. The van der Waals surface area contributed by atoms with E-state index in [0.717, 1.165) is 32.4 Å². The Bertz CT molecular complexity index is 400. The second-order valence-electron chi connectivity index (χ2n) is 7.64. The van der Waals surface area contributed by atoms with Crippen LogP contribution in [0.3, 0.4) is 0 Å². The van der Waals surface area contributed by atoms with Gasteiger partial charge in [-0.2, -0.15) is 0 Å². The van der Waals surface area contributed by atoms with E-state index in [-0.39, 0.29) is 23.7 Å². The number of piperidine rings is 1. The first kappa shape index (κ1) is 17.3. The van der Waals surface area contributed by atoms with Crippen molar-refractivity contribution in [2.45, 2.75) is 65.8 Å². The Hall–Kier alpha value is -1.06. The summed E-state index contributed by atoms with van der Waals surface area (Å²) in [4.78, 5) is 26.4. The first-order valence-electron chi connectivity index (χ1n) is 8.99. The monoisotopic (exact) mass is 308 g/mol. The third-order valence-electron chi connectivity index (χ3n) is 5.71. The first-order valence-corrected chi connectivity index (χ1v) is 8.99. The Morgan fingerprint density at radius 1 is 1.05 bits per heavy atom. The molecule has 3 atom stereocenters. The molecule has 2 aliphatic rings. The van der Waals surface area contributed by atoms with Gasteiger partial charge in [-0.3, -0.25) is 9.59 Å². The molecule has 1 saturated heterocycles. The minimum absolute atomic E-state index is 0.0509. The van der Waals surface area contributed by atoms with Gasteiger partial charge in [0.15, 0.2) is 0 Å². The van der Waals surface area contributed by atoms with Gasteiger partial charge >= 0.3 is 0 Å². The number of hydrogen-bond donors (Lipinski definition) is 1. The number of hydrogen-bond acceptors (Lipinski definition) is 2. The maximum absolute atomic E-state index is 12.5. The zero-order valence-corrected chi connectivity index (χ0v) is 14.6. The van der Waals surface area contributed by atoms with E-state index in [1.807, 2.05) is 18.7 Å². The fraction of sp³-hybridized carbons (Fsp3) is 0.889. The molecule has 0 radical (unpaired) electrons. The number of amides is 2. The van der Waals surface area contributed by atoms with Crippen LogP contribution in [-0.2, 0) is 9.59 Å². The van der Waals surface area contributed by atoms with Gasteiger partial charge in [0, 0.05) is 31.0 Å². The van der Waals surface area contributed by atoms with Crippen molar-refractivity contribution in [2.24, 2.45) is 23.7 Å². The van der Waals surface area contributed by atoms with Crippen molar-refractivity contribution >= 4 is 11.8 Å². The third-order valence-corrected chi connectivity index (χ3v) is 5.71. The van der Waals surface area contributed by atoms with E-state index in [9.17, 15) is 9.59 Å². The van der Waals surface area contributed by atoms with Gasteiger partial charge in [0.2, 0.25) is 11.8 Å². The molecular weight excluding hydrogens is 276 g/mol. The molecule has 0 aromatic heterocycles. The maximum Gasteiger partial charge on any atom is 0.225 e. The van der Waals surface area contributed by atoms with Crippen LogP contribution >= 0.6 is 0 Å². The molecule has 2 amide bonds. The Labute approximate surface area is 135 Å². The van der Waals surface area contributed by atoms with Crippen molar-refractivity contribution in [3.63, 3.8) is 0 Å². The minimum atomic E-state index is 0.0509. The van der Waals surface area contributed by atoms with E-state index >= 15 is 0 Å². The Morgan fingerprint density at radius 2 is 1.68 bits per heavy atom. The fourth-order valence-electron chi connectivity index (χ4n) is 3.81. The number of likely N-dealkylation sites (tertiary alicyclic amines) is 1. The molecule has 0 spiro atoms. The average Bonchev–Trinajstić information content (AvgIpc) is 2.51. The number of carbonyl (C=O) groups is 2. The maximum atomic E-state index is 12.5. The second kappa shape index (κ2) is 7.47. The summed E-state index contributed by atoms with van der Waals surface area (Å²) in [5.41, 5.74) is 0. The zero-order valence-electron chi connectivity index (χ0n) is 14.6. The van der Waals surface area contributed by atoms with Crippen LogP contribution in [0.15, 0.2) is 0 Å². The van der Waals surface area contributed by atoms with Gasteiger partial charge in [-0.05, 0) is 31.1 Å². The van der Waals surface area contributed by atoms with E-state index in [4.69, 9.17) is 0 Å². The molecule has 0 aromatic carbocycles. The molecule has 0 aromatic rings. The predicted octanol–water partition coefficient (Wildman–Crippen LogP) is 2.82. The van der Waals surface area contributed by atoms with Gasteiger partial charge in [0.25, 0.3) is 0 Å². The van der Waals surface area contributed by atoms with Gasteiger partial charge in [0.1, 0.15) is 0 Å². The predicted molar refractivity (Wildman–Crippen MR) is 88.3 cm³/mol. The molecule has 4 heteroatoms. The molecule has 0 bridgehead atoms. The Balaban J connectivity index is 1.81. The number of carbonyl (C=O) groups excluding carboxylic acids is 2. The zero-order chi connectivity index (χ0) is 16.3. The van der Waals surface area contributed by atoms with Crippen LogP contribution in [-0.4, -0.2) is 35.8 Å². The molecule has 3 unspecified atom stereocenters. The lowest BCUT2D eigenvalue weighted by atomic mass is 9.78. The van der Waals surface area contributed by atoms with E-state index in [0.29, 0.717) is 17.9 Å². The first-order chi connectivity index (χ1) is 10.4. The van der Waals surface area contributed by atoms with Crippen LogP contribution in [0.4, 0.5) is 0 Å². The summed E-state index contributed by atoms with van der Waals surface area (Å²) in [6.45, 7) is 9.88. The molecule has 1 aliphatic carbocycles. The van der Waals surface area contributed by atoms with Crippen molar-refractivity contribution in [1.29, 1.82) is 0 Å². The van der Waals surface area contributed by atoms with Gasteiger partial charge in [-0.25, -0.2) is 0 Å². The molecule has 2 fully saturated rings. The number of nitrogens with one attached hydrogen (secondary N) is 1. The van der Waals surface area contributed by atoms with E-state index in [2.05, 4.69) is 19.2 Å². The average molecular weight is 308 g/mol. The second-order valence-corrected chi connectivity index (χ2v) is 7.64. The molecule has 1 saturated carbocycles. The summed E-state index contributed by atoms with van der Waals surface area (Å²) in [6, 6.07) is 0.339. The highest BCUT2D eigenvalue weighted by Crippen LogP contribution is 2.30. The topological polar surface area (TPSA) is 49.4 Å². The highest BCUT2D eigenvalue weighted by Gasteiger charge is 2.32. The van der Waals surface area contributed by atoms with Crippen LogP contribution in [0.25, 0.3) is 0 Å². The van der Waals surface area contributed by atoms with Crippen LogP contribution in [0.2, 0.25) is 0 Å². The lowest BCUT2D eigenvalue weighted by Crippen LogP contribution is -2.49. The van der Waals surface area contributed by atoms with Gasteiger partial charge in [-0.15, -0.1) is 0 Å². The van der Waals surface area contributed by atoms with Gasteiger partial charge in [0.05, 0.1) is 0 Å². The van der Waals surface area contributed by atoms with Gasteiger partial charge < -0.3 is 10.2 Å². The van der Waals surface area contributed by atoms with E-state index in [1.54, 1.807) is 0 Å². The summed E-state index contributed by atoms with van der Waals surface area (Å²) in [5.74, 6) is 1.83. The van der Waals surface area contributed by atoms with Crippen molar-refractivity contribution in [1.82, 2.24) is 10.2 Å². The third kappa shape index (κ3) is 4.02. The largest absolute Gasteiger partial charge is 0.353 e. The fourth-order valence-corrected chi connectivity index (χ4v) is 3.81. The summed E-state index contributed by atoms with van der Waals surface area (Å²) >= 11 is 0. The van der Waals surface area contributed by atoms with Gasteiger partial charge in [-0.1, -0.05) is 40.5 Å². The Morgan fingerprint density at radius 3 is 2.27 bits per heavy atom. The molecule has 4 nitrogen and oxygen atoms in total. The van der Waals surface area contributed by atoms with Crippen molar-refractivity contribution < 1.29 is 9.59 Å². The number of nitrogens with zero attached hydrogens (tertiary/aromatic N) is 1. The summed E-state index contributed by atoms with van der Waals surface area (Å²) in [5, 5.41) is 3.29. The van der Waals surface area contributed by atoms with Crippen molar-refractivity contribution in [3.05, 3.63) is 0 Å². The van der Waals surface area contributed by atoms with Crippen molar-refractivity contribution in [3.8, 4) is 0 Å². The SMILES string of the molecule is CC(C)C(=O)N1CCC(C(=O)NC2CCCC(C)C2C)CC1. The summed E-state index contributed by atoms with van der Waals surface area (Å²) < 4.78 is 0. The minimum Gasteiger partial charge on any atom is -0.353 e. The molecule has 1 aliphatic heterocycles. The number of rotatable bonds is 3. The molecule has 1 heterocycles. The van der Waals surface area contributed by atoms with Crippen LogP contribution < -0.4 is 5.32 Å². The smallest absolute Gasteiger partial charge is 0.225 e.